The van der Waals surface area contributed by atoms with Gasteiger partial charge in [-0.15, -0.1) is 0 Å². The van der Waals surface area contributed by atoms with E-state index in [1.807, 2.05) is 37.3 Å². The highest BCUT2D eigenvalue weighted by atomic mass is 16.4. The van der Waals surface area contributed by atoms with Gasteiger partial charge in [-0.2, -0.15) is 10.2 Å². The van der Waals surface area contributed by atoms with Gasteiger partial charge in [0.05, 0.1) is 6.20 Å². The second kappa shape index (κ2) is 7.72. The maximum Gasteiger partial charge on any atom is 0.263 e. The lowest BCUT2D eigenvalue weighted by Gasteiger charge is -2.27. The van der Waals surface area contributed by atoms with E-state index in [4.69, 9.17) is 9.68 Å². The van der Waals surface area contributed by atoms with E-state index < -0.39 is 0 Å². The minimum absolute atomic E-state index is 0.130. The lowest BCUT2D eigenvalue weighted by Crippen LogP contribution is -2.39. The maximum absolute atomic E-state index is 13.6. The molecule has 0 saturated carbocycles. The summed E-state index contributed by atoms with van der Waals surface area (Å²) in [6.07, 6.45) is 5.06. The Morgan fingerprint density at radius 2 is 2.23 bits per heavy atom. The third-order valence-corrected chi connectivity index (χ3v) is 5.64. The van der Waals surface area contributed by atoms with E-state index in [0.29, 0.717) is 41.9 Å². The highest BCUT2D eigenvalue weighted by Gasteiger charge is 2.37. The van der Waals surface area contributed by atoms with Crippen molar-refractivity contribution in [2.75, 3.05) is 34.8 Å². The Kier molecular flexibility index (Phi) is 4.75. The molecule has 1 aromatic carbocycles. The van der Waals surface area contributed by atoms with Crippen molar-refractivity contribution in [1.29, 1.82) is 5.26 Å². The highest BCUT2D eigenvalue weighted by molar-refractivity contribution is 6.10. The minimum Gasteiger partial charge on any atom is -0.426 e. The first-order valence-electron chi connectivity index (χ1n) is 10.3. The van der Waals surface area contributed by atoms with E-state index in [9.17, 15) is 4.79 Å². The molecule has 3 aromatic rings. The van der Waals surface area contributed by atoms with Crippen molar-refractivity contribution >= 4 is 23.4 Å². The van der Waals surface area contributed by atoms with Crippen LogP contribution >= 0.6 is 0 Å². The van der Waals surface area contributed by atoms with Crippen molar-refractivity contribution in [3.63, 3.8) is 0 Å². The van der Waals surface area contributed by atoms with Crippen LogP contribution < -0.4 is 15.1 Å². The SMILES string of the molecule is CCNc1ncc2c(n1)N1CCC[C@H]1CN(c1cccc(-c3ncc(C#N)o3)c1)C2=O. The Labute approximate surface area is 179 Å². The molecule has 0 aliphatic carbocycles. The zero-order chi connectivity index (χ0) is 21.4. The molecule has 2 aliphatic heterocycles. The van der Waals surface area contributed by atoms with Crippen LogP contribution in [-0.2, 0) is 0 Å². The molecule has 4 heterocycles. The number of nitrogens with zero attached hydrogens (tertiary/aromatic N) is 6. The molecule has 1 saturated heterocycles. The van der Waals surface area contributed by atoms with Gasteiger partial charge in [-0.3, -0.25) is 4.79 Å². The van der Waals surface area contributed by atoms with Crippen molar-refractivity contribution in [3.05, 3.63) is 48.0 Å². The molecule has 31 heavy (non-hydrogen) atoms. The highest BCUT2D eigenvalue weighted by Crippen LogP contribution is 2.35. The van der Waals surface area contributed by atoms with Gasteiger partial charge in [0, 0.05) is 43.1 Å². The molecule has 2 aromatic heterocycles. The molecule has 0 bridgehead atoms. The second-order valence-electron chi connectivity index (χ2n) is 7.56. The van der Waals surface area contributed by atoms with Crippen molar-refractivity contribution in [2.24, 2.45) is 0 Å². The number of carbonyl (C=O) groups is 1. The molecular formula is C22H21N7O2. The third kappa shape index (κ3) is 3.36. The monoisotopic (exact) mass is 415 g/mol. The van der Waals surface area contributed by atoms with E-state index in [0.717, 1.165) is 25.1 Å². The zero-order valence-corrected chi connectivity index (χ0v) is 17.1. The van der Waals surface area contributed by atoms with Gasteiger partial charge in [-0.25, -0.2) is 9.97 Å². The fraction of sp³-hybridized carbons (Fsp3) is 0.318. The number of hydrogen-bond donors (Lipinski definition) is 1. The summed E-state index contributed by atoms with van der Waals surface area (Å²) in [5.41, 5.74) is 1.95. The summed E-state index contributed by atoms with van der Waals surface area (Å²) in [5, 5.41) is 12.1. The summed E-state index contributed by atoms with van der Waals surface area (Å²) < 4.78 is 5.46. The number of oxazole rings is 1. The fourth-order valence-electron chi connectivity index (χ4n) is 4.22. The number of fused-ring (bicyclic) bond motifs is 3. The maximum atomic E-state index is 13.6. The van der Waals surface area contributed by atoms with Gasteiger partial charge >= 0.3 is 0 Å². The van der Waals surface area contributed by atoms with Crippen LogP contribution in [-0.4, -0.2) is 46.5 Å². The van der Waals surface area contributed by atoms with Crippen molar-refractivity contribution < 1.29 is 9.21 Å². The molecule has 156 valence electrons. The molecule has 9 nitrogen and oxygen atoms in total. The molecule has 1 atom stereocenters. The number of anilines is 3. The van der Waals surface area contributed by atoms with E-state index in [1.54, 1.807) is 11.1 Å². The number of benzene rings is 1. The molecule has 0 radical (unpaired) electrons. The van der Waals surface area contributed by atoms with Crippen LogP contribution in [0.2, 0.25) is 0 Å². The summed E-state index contributed by atoms with van der Waals surface area (Å²) in [6, 6.07) is 9.59. The number of nitriles is 1. The molecule has 1 N–H and O–H groups in total. The third-order valence-electron chi connectivity index (χ3n) is 5.64. The predicted molar refractivity (Wildman–Crippen MR) is 115 cm³/mol. The lowest BCUT2D eigenvalue weighted by molar-refractivity contribution is 0.0988. The standard InChI is InChI=1S/C22H21N7O2/c1-2-24-22-26-12-18-19(27-22)28-8-4-7-16(28)13-29(21(18)30)15-6-3-5-14(9-15)20-25-11-17(10-23)31-20/h3,5-6,9,11-12,16H,2,4,7-8,13H2,1H3,(H,24,26,27)/t16-/m0/s1. The number of hydrogen-bond acceptors (Lipinski definition) is 8. The van der Waals surface area contributed by atoms with E-state index in [-0.39, 0.29) is 17.7 Å². The summed E-state index contributed by atoms with van der Waals surface area (Å²) in [7, 11) is 0. The first-order valence-corrected chi connectivity index (χ1v) is 10.3. The zero-order valence-electron chi connectivity index (χ0n) is 17.1. The second-order valence-corrected chi connectivity index (χ2v) is 7.56. The van der Waals surface area contributed by atoms with Crippen LogP contribution in [0.1, 0.15) is 35.9 Å². The Morgan fingerprint density at radius 3 is 3.03 bits per heavy atom. The quantitative estimate of drug-likeness (QED) is 0.692. The predicted octanol–water partition coefficient (Wildman–Crippen LogP) is 3.06. The molecule has 5 rings (SSSR count). The Morgan fingerprint density at radius 1 is 1.32 bits per heavy atom. The van der Waals surface area contributed by atoms with E-state index >= 15 is 0 Å². The van der Waals surface area contributed by atoms with Crippen LogP contribution in [0.15, 0.2) is 41.1 Å². The molecule has 1 fully saturated rings. The first kappa shape index (κ1) is 19.1. The number of nitrogens with one attached hydrogen (secondary N) is 1. The lowest BCUT2D eigenvalue weighted by atomic mass is 10.1. The molecular weight excluding hydrogens is 394 g/mol. The van der Waals surface area contributed by atoms with Crippen molar-refractivity contribution in [1.82, 2.24) is 15.0 Å². The molecule has 9 heteroatoms. The number of rotatable bonds is 4. The summed E-state index contributed by atoms with van der Waals surface area (Å²) in [6.45, 7) is 4.13. The summed E-state index contributed by atoms with van der Waals surface area (Å²) in [5.74, 6) is 1.60. The van der Waals surface area contributed by atoms with Crippen molar-refractivity contribution in [3.8, 4) is 17.5 Å². The van der Waals surface area contributed by atoms with Crippen LogP contribution in [0, 0.1) is 11.3 Å². The minimum atomic E-state index is -0.130. The van der Waals surface area contributed by atoms with E-state index in [1.165, 1.54) is 6.20 Å². The first-order chi connectivity index (χ1) is 15.2. The largest absolute Gasteiger partial charge is 0.426 e. The Hall–Kier alpha value is -3.93. The summed E-state index contributed by atoms with van der Waals surface area (Å²) >= 11 is 0. The van der Waals surface area contributed by atoms with Gasteiger partial charge in [0.2, 0.25) is 17.6 Å². The Bertz CT molecular complexity index is 1180. The average Bonchev–Trinajstić information content (AvgIpc) is 3.45. The number of aromatic nitrogens is 3. The number of amides is 1. The van der Waals surface area contributed by atoms with Crippen LogP contribution in [0.4, 0.5) is 17.5 Å². The normalized spacial score (nSPS) is 17.7. The van der Waals surface area contributed by atoms with Crippen molar-refractivity contribution in [2.45, 2.75) is 25.8 Å². The van der Waals surface area contributed by atoms with Gasteiger partial charge in [0.15, 0.2) is 0 Å². The molecule has 2 aliphatic rings. The number of carbonyl (C=O) groups excluding carboxylic acids is 1. The smallest absolute Gasteiger partial charge is 0.263 e. The molecule has 0 unspecified atom stereocenters. The molecule has 0 spiro atoms. The average molecular weight is 415 g/mol. The van der Waals surface area contributed by atoms with Gasteiger partial charge < -0.3 is 19.5 Å². The topological polar surface area (TPSA) is 111 Å². The van der Waals surface area contributed by atoms with Crippen LogP contribution in [0.25, 0.3) is 11.5 Å². The summed E-state index contributed by atoms with van der Waals surface area (Å²) in [4.78, 5) is 30.7. The van der Waals surface area contributed by atoms with Gasteiger partial charge in [0.1, 0.15) is 17.5 Å². The van der Waals surface area contributed by atoms with Crippen LogP contribution in [0.5, 0.6) is 0 Å². The Balaban J connectivity index is 1.55. The van der Waals surface area contributed by atoms with Gasteiger partial charge in [-0.1, -0.05) is 6.07 Å². The van der Waals surface area contributed by atoms with Crippen LogP contribution in [0.3, 0.4) is 0 Å². The van der Waals surface area contributed by atoms with E-state index in [2.05, 4.69) is 25.2 Å². The fourth-order valence-corrected chi connectivity index (χ4v) is 4.22. The van der Waals surface area contributed by atoms with Gasteiger partial charge in [-0.05, 0) is 38.0 Å². The van der Waals surface area contributed by atoms with Gasteiger partial charge in [0.25, 0.3) is 5.91 Å². The molecule has 1 amide bonds.